The molecule has 1 aromatic heterocycles. The molecule has 6 heteroatoms. The molecule has 2 amide bonds. The second-order valence-corrected chi connectivity index (χ2v) is 4.72. The SMILES string of the molecule is CC(=O)N(CC(=O)Nc1ccccc1F)Cc1ccccn1. The van der Waals surface area contributed by atoms with Crippen LogP contribution in [0.4, 0.5) is 10.1 Å². The van der Waals surface area contributed by atoms with Crippen LogP contribution in [-0.2, 0) is 16.1 Å². The van der Waals surface area contributed by atoms with E-state index in [0.717, 1.165) is 0 Å². The van der Waals surface area contributed by atoms with E-state index >= 15 is 0 Å². The molecule has 0 fully saturated rings. The van der Waals surface area contributed by atoms with Crippen LogP contribution < -0.4 is 5.32 Å². The van der Waals surface area contributed by atoms with Gasteiger partial charge in [0.15, 0.2) is 0 Å². The van der Waals surface area contributed by atoms with Crippen LogP contribution in [0, 0.1) is 5.82 Å². The lowest BCUT2D eigenvalue weighted by Gasteiger charge is -2.20. The summed E-state index contributed by atoms with van der Waals surface area (Å²) in [5.41, 5.74) is 0.769. The molecule has 1 aromatic carbocycles. The molecular weight excluding hydrogens is 285 g/mol. The van der Waals surface area contributed by atoms with Gasteiger partial charge in [-0.25, -0.2) is 4.39 Å². The summed E-state index contributed by atoms with van der Waals surface area (Å²) in [5.74, 6) is -1.24. The molecule has 1 N–H and O–H groups in total. The molecule has 0 bridgehead atoms. The van der Waals surface area contributed by atoms with E-state index in [9.17, 15) is 14.0 Å². The predicted octanol–water partition coefficient (Wildman–Crippen LogP) is 2.21. The van der Waals surface area contributed by atoms with Crippen LogP contribution in [-0.4, -0.2) is 28.2 Å². The van der Waals surface area contributed by atoms with Gasteiger partial charge < -0.3 is 10.2 Å². The monoisotopic (exact) mass is 301 g/mol. The number of para-hydroxylation sites is 1. The Labute approximate surface area is 127 Å². The number of hydrogen-bond donors (Lipinski definition) is 1. The third-order valence-electron chi connectivity index (χ3n) is 3.01. The van der Waals surface area contributed by atoms with Crippen molar-refractivity contribution >= 4 is 17.5 Å². The van der Waals surface area contributed by atoms with E-state index < -0.39 is 11.7 Å². The second kappa shape index (κ2) is 7.31. The van der Waals surface area contributed by atoms with Gasteiger partial charge in [0.2, 0.25) is 11.8 Å². The summed E-state index contributed by atoms with van der Waals surface area (Å²) in [4.78, 5) is 29.1. The van der Waals surface area contributed by atoms with Crippen LogP contribution in [0.15, 0.2) is 48.7 Å². The number of benzene rings is 1. The van der Waals surface area contributed by atoms with E-state index in [1.54, 1.807) is 30.5 Å². The minimum absolute atomic E-state index is 0.0915. The lowest BCUT2D eigenvalue weighted by Crippen LogP contribution is -2.36. The Morgan fingerprint density at radius 1 is 1.18 bits per heavy atom. The number of carbonyl (C=O) groups is 2. The highest BCUT2D eigenvalue weighted by Crippen LogP contribution is 2.12. The van der Waals surface area contributed by atoms with Gasteiger partial charge in [-0.2, -0.15) is 0 Å². The van der Waals surface area contributed by atoms with Crippen molar-refractivity contribution in [3.63, 3.8) is 0 Å². The first-order valence-electron chi connectivity index (χ1n) is 6.76. The van der Waals surface area contributed by atoms with E-state index in [-0.39, 0.29) is 24.7 Å². The first-order valence-corrected chi connectivity index (χ1v) is 6.76. The molecule has 2 rings (SSSR count). The Morgan fingerprint density at radius 3 is 2.55 bits per heavy atom. The average Bonchev–Trinajstić information content (AvgIpc) is 2.50. The molecule has 5 nitrogen and oxygen atoms in total. The van der Waals surface area contributed by atoms with E-state index in [2.05, 4.69) is 10.3 Å². The summed E-state index contributed by atoms with van der Waals surface area (Å²) in [6.07, 6.45) is 1.62. The van der Waals surface area contributed by atoms with Gasteiger partial charge in [-0.3, -0.25) is 14.6 Å². The summed E-state index contributed by atoms with van der Waals surface area (Å²) in [6, 6.07) is 11.2. The summed E-state index contributed by atoms with van der Waals surface area (Å²) >= 11 is 0. The van der Waals surface area contributed by atoms with Gasteiger partial charge in [-0.15, -0.1) is 0 Å². The minimum atomic E-state index is -0.519. The molecule has 22 heavy (non-hydrogen) atoms. The Hall–Kier alpha value is -2.76. The number of nitrogens with zero attached hydrogens (tertiary/aromatic N) is 2. The molecule has 0 saturated heterocycles. The number of amides is 2. The van der Waals surface area contributed by atoms with Crippen LogP contribution in [0.2, 0.25) is 0 Å². The molecule has 0 spiro atoms. The number of anilines is 1. The number of aromatic nitrogens is 1. The van der Waals surface area contributed by atoms with Crippen molar-refractivity contribution in [1.29, 1.82) is 0 Å². The number of hydrogen-bond acceptors (Lipinski definition) is 3. The molecule has 1 heterocycles. The van der Waals surface area contributed by atoms with Crippen molar-refractivity contribution in [3.8, 4) is 0 Å². The molecule has 0 saturated carbocycles. The fourth-order valence-corrected chi connectivity index (χ4v) is 1.89. The average molecular weight is 301 g/mol. The number of pyridine rings is 1. The van der Waals surface area contributed by atoms with Gasteiger partial charge in [0.05, 0.1) is 17.9 Å². The maximum Gasteiger partial charge on any atom is 0.244 e. The maximum atomic E-state index is 13.5. The molecule has 0 aliphatic heterocycles. The first-order chi connectivity index (χ1) is 10.6. The minimum Gasteiger partial charge on any atom is -0.328 e. The van der Waals surface area contributed by atoms with E-state index in [0.29, 0.717) is 5.69 Å². The zero-order valence-corrected chi connectivity index (χ0v) is 12.1. The number of carbonyl (C=O) groups excluding carboxylic acids is 2. The molecule has 0 atom stereocenters. The Morgan fingerprint density at radius 2 is 1.91 bits per heavy atom. The van der Waals surface area contributed by atoms with Gasteiger partial charge in [0.1, 0.15) is 12.4 Å². The fourth-order valence-electron chi connectivity index (χ4n) is 1.89. The molecule has 114 valence electrons. The Kier molecular flexibility index (Phi) is 5.19. The van der Waals surface area contributed by atoms with Gasteiger partial charge in [-0.05, 0) is 24.3 Å². The predicted molar refractivity (Wildman–Crippen MR) is 80.4 cm³/mol. The molecule has 0 unspecified atom stereocenters. The van der Waals surface area contributed by atoms with Crippen molar-refractivity contribution in [1.82, 2.24) is 9.88 Å². The van der Waals surface area contributed by atoms with Gasteiger partial charge >= 0.3 is 0 Å². The Bertz CT molecular complexity index is 661. The molecular formula is C16H16FN3O2. The maximum absolute atomic E-state index is 13.5. The topological polar surface area (TPSA) is 62.3 Å². The van der Waals surface area contributed by atoms with Crippen LogP contribution in [0.25, 0.3) is 0 Å². The van der Waals surface area contributed by atoms with Gasteiger partial charge in [-0.1, -0.05) is 18.2 Å². The van der Waals surface area contributed by atoms with Crippen LogP contribution in [0.5, 0.6) is 0 Å². The fraction of sp³-hybridized carbons (Fsp3) is 0.188. The van der Waals surface area contributed by atoms with E-state index in [1.807, 2.05) is 0 Å². The first kappa shape index (κ1) is 15.6. The number of halogens is 1. The van der Waals surface area contributed by atoms with Crippen molar-refractivity contribution in [2.45, 2.75) is 13.5 Å². The van der Waals surface area contributed by atoms with Crippen LogP contribution in [0.1, 0.15) is 12.6 Å². The number of rotatable bonds is 5. The number of nitrogens with one attached hydrogen (secondary N) is 1. The molecule has 0 aliphatic carbocycles. The summed E-state index contributed by atoms with van der Waals surface area (Å²) < 4.78 is 13.5. The third-order valence-corrected chi connectivity index (χ3v) is 3.01. The van der Waals surface area contributed by atoms with Gasteiger partial charge in [0.25, 0.3) is 0 Å². The van der Waals surface area contributed by atoms with Crippen molar-refractivity contribution < 1.29 is 14.0 Å². The van der Waals surface area contributed by atoms with Crippen molar-refractivity contribution in [3.05, 3.63) is 60.2 Å². The third kappa shape index (κ3) is 4.37. The highest BCUT2D eigenvalue weighted by Gasteiger charge is 2.15. The zero-order valence-electron chi connectivity index (χ0n) is 12.1. The van der Waals surface area contributed by atoms with Crippen LogP contribution >= 0.6 is 0 Å². The summed E-state index contributed by atoms with van der Waals surface area (Å²) in [7, 11) is 0. The highest BCUT2D eigenvalue weighted by atomic mass is 19.1. The van der Waals surface area contributed by atoms with Crippen molar-refractivity contribution in [2.75, 3.05) is 11.9 Å². The lowest BCUT2D eigenvalue weighted by molar-refractivity contribution is -0.133. The zero-order chi connectivity index (χ0) is 15.9. The summed E-state index contributed by atoms with van der Waals surface area (Å²) in [6.45, 7) is 1.43. The van der Waals surface area contributed by atoms with Crippen molar-refractivity contribution in [2.24, 2.45) is 0 Å². The molecule has 2 aromatic rings. The van der Waals surface area contributed by atoms with E-state index in [1.165, 1.54) is 30.0 Å². The molecule has 0 radical (unpaired) electrons. The normalized spacial score (nSPS) is 10.1. The van der Waals surface area contributed by atoms with Gasteiger partial charge in [0, 0.05) is 13.1 Å². The highest BCUT2D eigenvalue weighted by molar-refractivity contribution is 5.94. The summed E-state index contributed by atoms with van der Waals surface area (Å²) in [5, 5.41) is 2.45. The smallest absolute Gasteiger partial charge is 0.244 e. The largest absolute Gasteiger partial charge is 0.328 e. The van der Waals surface area contributed by atoms with E-state index in [4.69, 9.17) is 0 Å². The molecule has 0 aliphatic rings. The quantitative estimate of drug-likeness (QED) is 0.921. The lowest BCUT2D eigenvalue weighted by atomic mass is 10.3. The van der Waals surface area contributed by atoms with Crippen LogP contribution in [0.3, 0.4) is 0 Å². The Balaban J connectivity index is 2.00. The second-order valence-electron chi connectivity index (χ2n) is 4.72. The standard InChI is InChI=1S/C16H16FN3O2/c1-12(21)20(10-13-6-4-5-9-18-13)11-16(22)19-15-8-3-2-7-14(15)17/h2-9H,10-11H2,1H3,(H,19,22).